The Bertz CT molecular complexity index is 902. The summed E-state index contributed by atoms with van der Waals surface area (Å²) in [6.07, 6.45) is 2.57. The van der Waals surface area contributed by atoms with Crippen molar-refractivity contribution in [2.24, 2.45) is 4.99 Å². The van der Waals surface area contributed by atoms with Gasteiger partial charge in [-0.25, -0.2) is 0 Å². The summed E-state index contributed by atoms with van der Waals surface area (Å²) < 4.78 is 10.9. The van der Waals surface area contributed by atoms with Crippen LogP contribution >= 0.6 is 0 Å². The summed E-state index contributed by atoms with van der Waals surface area (Å²) in [5.74, 6) is 1.58. The molecule has 2 aliphatic heterocycles. The SMILES string of the molecule is CCOc1cccc([C@H]2CC(c3ccc(OC)cc3)=NC3(CCN(C)CC3)N2)c1O. The topological polar surface area (TPSA) is 66.3 Å². The monoisotopic (exact) mass is 409 g/mol. The molecule has 160 valence electrons. The fraction of sp³-hybridized carbons (Fsp3) is 0.458. The number of benzene rings is 2. The second-order valence-electron chi connectivity index (χ2n) is 8.15. The number of piperidine rings is 1. The van der Waals surface area contributed by atoms with Crippen molar-refractivity contribution in [3.63, 3.8) is 0 Å². The number of rotatable bonds is 5. The van der Waals surface area contributed by atoms with Crippen LogP contribution in [0, 0.1) is 0 Å². The summed E-state index contributed by atoms with van der Waals surface area (Å²) >= 11 is 0. The number of nitrogens with zero attached hydrogens (tertiary/aromatic N) is 2. The van der Waals surface area contributed by atoms with E-state index in [9.17, 15) is 5.11 Å². The maximum atomic E-state index is 10.9. The van der Waals surface area contributed by atoms with Crippen molar-refractivity contribution >= 4 is 5.71 Å². The number of nitrogens with one attached hydrogen (secondary N) is 1. The molecule has 0 radical (unpaired) electrons. The van der Waals surface area contributed by atoms with Crippen molar-refractivity contribution in [3.8, 4) is 17.2 Å². The number of methoxy groups -OCH3 is 1. The molecule has 1 atom stereocenters. The summed E-state index contributed by atoms with van der Waals surface area (Å²) in [6, 6.07) is 13.8. The molecular formula is C24H31N3O3. The quantitative estimate of drug-likeness (QED) is 0.787. The second-order valence-corrected chi connectivity index (χ2v) is 8.15. The number of para-hydroxylation sites is 1. The van der Waals surface area contributed by atoms with Crippen LogP contribution in [0.5, 0.6) is 17.2 Å². The average molecular weight is 410 g/mol. The fourth-order valence-corrected chi connectivity index (χ4v) is 4.40. The Hall–Kier alpha value is -2.57. The zero-order chi connectivity index (χ0) is 21.1. The average Bonchev–Trinajstić information content (AvgIpc) is 2.77. The first-order valence-corrected chi connectivity index (χ1v) is 10.7. The minimum absolute atomic E-state index is 0.0385. The summed E-state index contributed by atoms with van der Waals surface area (Å²) in [5.41, 5.74) is 2.70. The molecule has 0 amide bonds. The maximum absolute atomic E-state index is 10.9. The van der Waals surface area contributed by atoms with Crippen molar-refractivity contribution < 1.29 is 14.6 Å². The predicted molar refractivity (Wildman–Crippen MR) is 119 cm³/mol. The third-order valence-corrected chi connectivity index (χ3v) is 6.13. The minimum Gasteiger partial charge on any atom is -0.504 e. The van der Waals surface area contributed by atoms with E-state index in [0.717, 1.165) is 48.5 Å². The van der Waals surface area contributed by atoms with Gasteiger partial charge in [-0.2, -0.15) is 0 Å². The normalized spacial score (nSPS) is 21.3. The van der Waals surface area contributed by atoms with Gasteiger partial charge in [0.05, 0.1) is 13.7 Å². The number of phenols is 1. The smallest absolute Gasteiger partial charge is 0.162 e. The summed E-state index contributed by atoms with van der Waals surface area (Å²) in [4.78, 5) is 7.56. The van der Waals surface area contributed by atoms with Gasteiger partial charge in [-0.15, -0.1) is 0 Å². The first-order valence-electron chi connectivity index (χ1n) is 10.7. The number of aromatic hydroxyl groups is 1. The van der Waals surface area contributed by atoms with Crippen LogP contribution in [-0.2, 0) is 0 Å². The number of hydrogen-bond acceptors (Lipinski definition) is 6. The Balaban J connectivity index is 1.71. The third kappa shape index (κ3) is 4.16. The molecule has 0 aromatic heterocycles. The highest BCUT2D eigenvalue weighted by Gasteiger charge is 2.40. The van der Waals surface area contributed by atoms with Gasteiger partial charge in [0.15, 0.2) is 11.5 Å². The van der Waals surface area contributed by atoms with Gasteiger partial charge in [-0.05, 0) is 62.7 Å². The van der Waals surface area contributed by atoms with E-state index in [1.54, 1.807) is 7.11 Å². The fourth-order valence-electron chi connectivity index (χ4n) is 4.40. The Morgan fingerprint density at radius 3 is 2.57 bits per heavy atom. The summed E-state index contributed by atoms with van der Waals surface area (Å²) in [7, 11) is 3.83. The Labute approximate surface area is 178 Å². The van der Waals surface area contributed by atoms with E-state index in [-0.39, 0.29) is 17.5 Å². The first-order chi connectivity index (χ1) is 14.5. The number of ether oxygens (including phenoxy) is 2. The van der Waals surface area contributed by atoms with Gasteiger partial charge in [-0.1, -0.05) is 12.1 Å². The van der Waals surface area contributed by atoms with Crippen LogP contribution in [0.15, 0.2) is 47.5 Å². The molecular weight excluding hydrogens is 378 g/mol. The van der Waals surface area contributed by atoms with E-state index in [0.29, 0.717) is 18.8 Å². The molecule has 2 N–H and O–H groups in total. The largest absolute Gasteiger partial charge is 0.504 e. The highest BCUT2D eigenvalue weighted by molar-refractivity contribution is 6.02. The highest BCUT2D eigenvalue weighted by Crippen LogP contribution is 2.40. The Morgan fingerprint density at radius 1 is 1.17 bits per heavy atom. The second kappa shape index (κ2) is 8.66. The van der Waals surface area contributed by atoms with Crippen LogP contribution in [0.3, 0.4) is 0 Å². The van der Waals surface area contributed by atoms with Crippen molar-refractivity contribution in [2.75, 3.05) is 33.9 Å². The highest BCUT2D eigenvalue weighted by atomic mass is 16.5. The van der Waals surface area contributed by atoms with Crippen molar-refractivity contribution in [3.05, 3.63) is 53.6 Å². The predicted octanol–water partition coefficient (Wildman–Crippen LogP) is 3.75. The van der Waals surface area contributed by atoms with E-state index >= 15 is 0 Å². The van der Waals surface area contributed by atoms with Crippen LogP contribution in [0.25, 0.3) is 0 Å². The van der Waals surface area contributed by atoms with E-state index in [1.807, 2.05) is 37.3 Å². The molecule has 1 saturated heterocycles. The van der Waals surface area contributed by atoms with Gasteiger partial charge in [0.25, 0.3) is 0 Å². The van der Waals surface area contributed by atoms with Gasteiger partial charge < -0.3 is 19.5 Å². The molecule has 0 unspecified atom stereocenters. The van der Waals surface area contributed by atoms with E-state index < -0.39 is 0 Å². The van der Waals surface area contributed by atoms with Crippen molar-refractivity contribution in [1.29, 1.82) is 0 Å². The lowest BCUT2D eigenvalue weighted by atomic mass is 9.87. The van der Waals surface area contributed by atoms with Crippen molar-refractivity contribution in [1.82, 2.24) is 10.2 Å². The molecule has 1 spiro atoms. The zero-order valence-electron chi connectivity index (χ0n) is 18.0. The summed E-state index contributed by atoms with van der Waals surface area (Å²) in [6.45, 7) is 4.42. The molecule has 30 heavy (non-hydrogen) atoms. The van der Waals surface area contributed by atoms with E-state index in [4.69, 9.17) is 14.5 Å². The van der Waals surface area contributed by atoms with Crippen LogP contribution in [-0.4, -0.2) is 55.2 Å². The standard InChI is InChI=1S/C24H31N3O3/c1-4-30-22-7-5-6-19(23(22)28)21-16-20(17-8-10-18(29-3)11-9-17)25-24(26-21)12-14-27(2)15-13-24/h5-11,21,26,28H,4,12-16H2,1-3H3/t21-/m1/s1. The van der Waals surface area contributed by atoms with Crippen LogP contribution < -0.4 is 14.8 Å². The molecule has 2 aliphatic rings. The Morgan fingerprint density at radius 2 is 1.90 bits per heavy atom. The molecule has 6 heteroatoms. The van der Waals surface area contributed by atoms with E-state index in [2.05, 4.69) is 29.4 Å². The molecule has 1 fully saturated rings. The van der Waals surface area contributed by atoms with Crippen LogP contribution in [0.2, 0.25) is 0 Å². The number of aliphatic imine (C=N–C) groups is 1. The molecule has 0 saturated carbocycles. The molecule has 4 rings (SSSR count). The molecule has 6 nitrogen and oxygen atoms in total. The third-order valence-electron chi connectivity index (χ3n) is 6.13. The van der Waals surface area contributed by atoms with E-state index in [1.165, 1.54) is 0 Å². The molecule has 2 aromatic rings. The van der Waals surface area contributed by atoms with Gasteiger partial charge in [-0.3, -0.25) is 10.3 Å². The number of phenolic OH excluding ortho intramolecular Hbond substituents is 1. The van der Waals surface area contributed by atoms with Gasteiger partial charge in [0.1, 0.15) is 11.4 Å². The number of likely N-dealkylation sites (tertiary alicyclic amines) is 1. The van der Waals surface area contributed by atoms with Crippen molar-refractivity contribution in [2.45, 2.75) is 37.9 Å². The molecule has 2 heterocycles. The van der Waals surface area contributed by atoms with Crippen LogP contribution in [0.1, 0.15) is 43.4 Å². The zero-order valence-corrected chi connectivity index (χ0v) is 18.0. The minimum atomic E-state index is -0.321. The number of hydrogen-bond donors (Lipinski definition) is 2. The first kappa shape index (κ1) is 20.7. The molecule has 0 aliphatic carbocycles. The van der Waals surface area contributed by atoms with Gasteiger partial charge in [0, 0.05) is 36.8 Å². The molecule has 0 bridgehead atoms. The van der Waals surface area contributed by atoms with Gasteiger partial charge in [0.2, 0.25) is 0 Å². The van der Waals surface area contributed by atoms with Gasteiger partial charge >= 0.3 is 0 Å². The lowest BCUT2D eigenvalue weighted by Crippen LogP contribution is -2.55. The Kier molecular flexibility index (Phi) is 5.97. The lowest BCUT2D eigenvalue weighted by molar-refractivity contribution is 0.144. The molecule has 2 aromatic carbocycles. The summed E-state index contributed by atoms with van der Waals surface area (Å²) in [5, 5.41) is 14.7. The lowest BCUT2D eigenvalue weighted by Gasteiger charge is -2.44. The maximum Gasteiger partial charge on any atom is 0.162 e. The van der Waals surface area contributed by atoms with Crippen LogP contribution in [0.4, 0.5) is 0 Å².